The molecule has 0 spiro atoms. The summed E-state index contributed by atoms with van der Waals surface area (Å²) in [5, 5.41) is 6.43. The molecule has 2 N–H and O–H groups in total. The molecule has 0 bridgehead atoms. The molecule has 1 rings (SSSR count). The predicted octanol–water partition coefficient (Wildman–Crippen LogP) is 1.70. The van der Waals surface area contributed by atoms with Crippen LogP contribution in [0.1, 0.15) is 11.6 Å². The summed E-state index contributed by atoms with van der Waals surface area (Å²) in [6.45, 7) is 0.861. The molecule has 1 unspecified atom stereocenters. The lowest BCUT2D eigenvalue weighted by Gasteiger charge is -2.26. The topological polar surface area (TPSA) is 44.4 Å². The van der Waals surface area contributed by atoms with Gasteiger partial charge in [-0.05, 0) is 32.8 Å². The Morgan fingerprint density at radius 1 is 1.37 bits per heavy atom. The fourth-order valence-corrected chi connectivity index (χ4v) is 2.01. The van der Waals surface area contributed by atoms with Crippen molar-refractivity contribution in [1.29, 1.82) is 0 Å². The van der Waals surface area contributed by atoms with E-state index in [9.17, 15) is 4.79 Å². The van der Waals surface area contributed by atoms with Gasteiger partial charge in [-0.3, -0.25) is 4.79 Å². The number of likely N-dealkylation sites (N-methyl/N-ethyl adjacent to an activating group) is 2. The van der Waals surface area contributed by atoms with E-state index in [1.54, 1.807) is 7.05 Å². The molecule has 1 atom stereocenters. The molecule has 0 heterocycles. The van der Waals surface area contributed by atoms with Gasteiger partial charge >= 0.3 is 0 Å². The summed E-state index contributed by atoms with van der Waals surface area (Å²) in [7, 11) is 5.69. The summed E-state index contributed by atoms with van der Waals surface area (Å²) in [5.41, 5.74) is 1.02. The van der Waals surface area contributed by atoms with Crippen LogP contribution in [0, 0.1) is 0 Å². The Bertz CT molecular complexity index is 399. The first-order valence-electron chi connectivity index (χ1n) is 5.88. The number of halogens is 2. The van der Waals surface area contributed by atoms with Crippen LogP contribution in [0.2, 0.25) is 5.02 Å². The lowest BCUT2D eigenvalue weighted by Crippen LogP contribution is -2.38. The smallest absolute Gasteiger partial charge is 0.234 e. The molecular weight excluding hydrogens is 285 g/mol. The van der Waals surface area contributed by atoms with Gasteiger partial charge < -0.3 is 15.5 Å². The van der Waals surface area contributed by atoms with Crippen molar-refractivity contribution in [2.45, 2.75) is 6.04 Å². The number of nitrogens with one attached hydrogen (secondary N) is 2. The number of amides is 1. The molecule has 0 saturated carbocycles. The Morgan fingerprint density at radius 2 is 2.00 bits per heavy atom. The molecule has 0 radical (unpaired) electrons. The number of carbonyl (C=O) groups excluding carboxylic acids is 1. The molecule has 4 nitrogen and oxygen atoms in total. The molecule has 0 aromatic heterocycles. The van der Waals surface area contributed by atoms with Crippen LogP contribution < -0.4 is 10.6 Å². The minimum Gasteiger partial charge on any atom is -0.353 e. The first-order valence-corrected chi connectivity index (χ1v) is 6.26. The summed E-state index contributed by atoms with van der Waals surface area (Å²) in [6.07, 6.45) is 0. The summed E-state index contributed by atoms with van der Waals surface area (Å²) in [5.74, 6) is -0.0172. The van der Waals surface area contributed by atoms with Crippen molar-refractivity contribution < 1.29 is 4.79 Å². The van der Waals surface area contributed by atoms with E-state index in [-0.39, 0.29) is 24.4 Å². The normalized spacial score (nSPS) is 11.8. The maximum atomic E-state index is 11.5. The lowest BCUT2D eigenvalue weighted by molar-refractivity contribution is -0.120. The fourth-order valence-electron chi connectivity index (χ4n) is 1.75. The van der Waals surface area contributed by atoms with Crippen LogP contribution in [-0.4, -0.2) is 45.0 Å². The lowest BCUT2D eigenvalue weighted by atomic mass is 10.1. The van der Waals surface area contributed by atoms with Gasteiger partial charge in [-0.1, -0.05) is 29.8 Å². The minimum absolute atomic E-state index is 0. The van der Waals surface area contributed by atoms with E-state index in [0.29, 0.717) is 13.1 Å². The van der Waals surface area contributed by atoms with Crippen molar-refractivity contribution in [2.24, 2.45) is 0 Å². The van der Waals surface area contributed by atoms with E-state index in [2.05, 4.69) is 10.6 Å². The second-order valence-corrected chi connectivity index (χ2v) is 4.74. The van der Waals surface area contributed by atoms with E-state index in [1.807, 2.05) is 43.3 Å². The van der Waals surface area contributed by atoms with E-state index in [1.165, 1.54) is 0 Å². The molecule has 0 saturated heterocycles. The van der Waals surface area contributed by atoms with Crippen molar-refractivity contribution in [3.8, 4) is 0 Å². The molecule has 0 fully saturated rings. The Kier molecular flexibility index (Phi) is 8.76. The third-order valence-electron chi connectivity index (χ3n) is 2.72. The summed E-state index contributed by atoms with van der Waals surface area (Å²) < 4.78 is 0. The molecule has 1 aromatic carbocycles. The molecule has 0 aliphatic heterocycles. The van der Waals surface area contributed by atoms with Crippen LogP contribution in [0.15, 0.2) is 24.3 Å². The third-order valence-corrected chi connectivity index (χ3v) is 3.06. The van der Waals surface area contributed by atoms with Crippen LogP contribution in [0.5, 0.6) is 0 Å². The van der Waals surface area contributed by atoms with E-state index in [0.717, 1.165) is 10.6 Å². The highest BCUT2D eigenvalue weighted by Gasteiger charge is 2.17. The molecule has 0 aliphatic rings. The van der Waals surface area contributed by atoms with Crippen LogP contribution in [-0.2, 0) is 4.79 Å². The molecular formula is C13H21Cl2N3O. The monoisotopic (exact) mass is 305 g/mol. The van der Waals surface area contributed by atoms with Crippen molar-refractivity contribution in [2.75, 3.05) is 34.2 Å². The van der Waals surface area contributed by atoms with Gasteiger partial charge in [-0.25, -0.2) is 0 Å². The second kappa shape index (κ2) is 9.15. The van der Waals surface area contributed by atoms with Crippen LogP contribution in [0.3, 0.4) is 0 Å². The predicted molar refractivity (Wildman–Crippen MR) is 82.1 cm³/mol. The summed E-state index contributed by atoms with van der Waals surface area (Å²) in [6, 6.07) is 7.77. The Labute approximate surface area is 125 Å². The summed E-state index contributed by atoms with van der Waals surface area (Å²) >= 11 is 6.19. The molecule has 0 aliphatic carbocycles. The quantitative estimate of drug-likeness (QED) is 0.841. The first kappa shape index (κ1) is 18.2. The van der Waals surface area contributed by atoms with Gasteiger partial charge in [-0.15, -0.1) is 12.4 Å². The van der Waals surface area contributed by atoms with Gasteiger partial charge in [0.15, 0.2) is 0 Å². The third kappa shape index (κ3) is 5.78. The van der Waals surface area contributed by atoms with Gasteiger partial charge in [-0.2, -0.15) is 0 Å². The van der Waals surface area contributed by atoms with E-state index in [4.69, 9.17) is 11.6 Å². The fraction of sp³-hybridized carbons (Fsp3) is 0.462. The van der Waals surface area contributed by atoms with Crippen molar-refractivity contribution in [3.63, 3.8) is 0 Å². The molecule has 1 aromatic rings. The highest BCUT2D eigenvalue weighted by atomic mass is 35.5. The van der Waals surface area contributed by atoms with Gasteiger partial charge in [0.1, 0.15) is 0 Å². The zero-order chi connectivity index (χ0) is 13.5. The first-order chi connectivity index (χ1) is 8.56. The number of nitrogens with zero attached hydrogens (tertiary/aromatic N) is 1. The van der Waals surface area contributed by atoms with E-state index >= 15 is 0 Å². The highest BCUT2D eigenvalue weighted by molar-refractivity contribution is 6.31. The van der Waals surface area contributed by atoms with Gasteiger partial charge in [0.05, 0.1) is 12.6 Å². The number of hydrogen-bond donors (Lipinski definition) is 2. The molecule has 6 heteroatoms. The number of benzene rings is 1. The Balaban J connectivity index is 0.00000324. The number of hydrogen-bond acceptors (Lipinski definition) is 3. The molecule has 19 heavy (non-hydrogen) atoms. The number of rotatable bonds is 6. The Morgan fingerprint density at radius 3 is 2.53 bits per heavy atom. The van der Waals surface area contributed by atoms with Crippen molar-refractivity contribution in [3.05, 3.63) is 34.9 Å². The number of carbonyl (C=O) groups is 1. The second-order valence-electron chi connectivity index (χ2n) is 4.34. The van der Waals surface area contributed by atoms with Crippen LogP contribution >= 0.6 is 24.0 Å². The van der Waals surface area contributed by atoms with Crippen LogP contribution in [0.25, 0.3) is 0 Å². The maximum absolute atomic E-state index is 11.5. The van der Waals surface area contributed by atoms with Crippen LogP contribution in [0.4, 0.5) is 0 Å². The van der Waals surface area contributed by atoms with Gasteiger partial charge in [0.2, 0.25) is 5.91 Å². The molecule has 108 valence electrons. The standard InChI is InChI=1S/C13H20ClN3O.ClH/c1-15-9-13(18)16-8-12(17(2)3)10-6-4-5-7-11(10)14;/h4-7,12,15H,8-9H2,1-3H3,(H,16,18);1H. The Hall–Kier alpha value is -0.810. The highest BCUT2D eigenvalue weighted by Crippen LogP contribution is 2.25. The zero-order valence-corrected chi connectivity index (χ0v) is 13.0. The zero-order valence-electron chi connectivity index (χ0n) is 11.4. The maximum Gasteiger partial charge on any atom is 0.234 e. The van der Waals surface area contributed by atoms with Gasteiger partial charge in [0, 0.05) is 11.6 Å². The molecule has 1 amide bonds. The minimum atomic E-state index is -0.0172. The average molecular weight is 306 g/mol. The van der Waals surface area contributed by atoms with Crippen molar-refractivity contribution in [1.82, 2.24) is 15.5 Å². The average Bonchev–Trinajstić information content (AvgIpc) is 2.31. The summed E-state index contributed by atoms with van der Waals surface area (Å²) in [4.78, 5) is 13.5. The SMILES string of the molecule is CNCC(=O)NCC(c1ccccc1Cl)N(C)C.Cl. The van der Waals surface area contributed by atoms with Crippen molar-refractivity contribution >= 4 is 29.9 Å². The van der Waals surface area contributed by atoms with Gasteiger partial charge in [0.25, 0.3) is 0 Å². The van der Waals surface area contributed by atoms with E-state index < -0.39 is 0 Å². The largest absolute Gasteiger partial charge is 0.353 e.